The molecule has 1 amide bonds. The van der Waals surface area contributed by atoms with Gasteiger partial charge in [-0.3, -0.25) is 24.6 Å². The zero-order valence-electron chi connectivity index (χ0n) is 17.7. The van der Waals surface area contributed by atoms with Gasteiger partial charge in [-0.1, -0.05) is 5.16 Å². The van der Waals surface area contributed by atoms with E-state index in [9.17, 15) is 24.8 Å². The number of hydrogen-bond acceptors (Lipinski definition) is 8. The molecule has 168 valence electrons. The van der Waals surface area contributed by atoms with E-state index in [1.54, 1.807) is 31.2 Å². The van der Waals surface area contributed by atoms with Gasteiger partial charge >= 0.3 is 5.91 Å². The average Bonchev–Trinajstić information content (AvgIpc) is 3.34. The van der Waals surface area contributed by atoms with Crippen LogP contribution >= 0.6 is 0 Å². The van der Waals surface area contributed by atoms with Crippen molar-refractivity contribution in [3.63, 3.8) is 0 Å². The van der Waals surface area contributed by atoms with Crippen molar-refractivity contribution < 1.29 is 28.9 Å². The number of aryl methyl sites for hydroxylation is 1. The second kappa shape index (κ2) is 8.58. The fourth-order valence-corrected chi connectivity index (χ4v) is 3.66. The van der Waals surface area contributed by atoms with E-state index < -0.39 is 22.7 Å². The highest BCUT2D eigenvalue weighted by atomic mass is 16.6. The van der Waals surface area contributed by atoms with Crippen LogP contribution in [0.15, 0.2) is 64.7 Å². The first-order valence-corrected chi connectivity index (χ1v) is 10.0. The van der Waals surface area contributed by atoms with Crippen LogP contribution in [0.5, 0.6) is 5.75 Å². The number of ether oxygens (including phenoxy) is 1. The number of amides is 1. The second-order valence-electron chi connectivity index (χ2n) is 7.27. The van der Waals surface area contributed by atoms with Crippen LogP contribution in [0.25, 0.3) is 5.76 Å². The van der Waals surface area contributed by atoms with Crippen molar-refractivity contribution in [2.45, 2.75) is 19.9 Å². The molecule has 1 saturated heterocycles. The summed E-state index contributed by atoms with van der Waals surface area (Å²) < 4.78 is 10.5. The highest BCUT2D eigenvalue weighted by Crippen LogP contribution is 2.42. The highest BCUT2D eigenvalue weighted by Gasteiger charge is 2.48. The lowest BCUT2D eigenvalue weighted by molar-refractivity contribution is -0.384. The van der Waals surface area contributed by atoms with E-state index in [4.69, 9.17) is 9.26 Å². The van der Waals surface area contributed by atoms with E-state index in [0.717, 1.165) is 4.90 Å². The number of ketones is 1. The van der Waals surface area contributed by atoms with Gasteiger partial charge < -0.3 is 14.4 Å². The van der Waals surface area contributed by atoms with Crippen LogP contribution in [0.2, 0.25) is 0 Å². The van der Waals surface area contributed by atoms with Crippen molar-refractivity contribution in [1.82, 2.24) is 5.16 Å². The second-order valence-corrected chi connectivity index (χ2v) is 7.27. The van der Waals surface area contributed by atoms with Crippen LogP contribution in [0, 0.1) is 17.0 Å². The Bertz CT molecular complexity index is 1260. The molecule has 10 nitrogen and oxygen atoms in total. The molecule has 0 radical (unpaired) electrons. The fourth-order valence-electron chi connectivity index (χ4n) is 3.66. The van der Waals surface area contributed by atoms with Crippen molar-refractivity contribution in [2.75, 3.05) is 11.5 Å². The van der Waals surface area contributed by atoms with Gasteiger partial charge in [0.1, 0.15) is 17.3 Å². The molecule has 1 aliphatic rings. The Morgan fingerprint density at radius 1 is 1.18 bits per heavy atom. The van der Waals surface area contributed by atoms with Gasteiger partial charge in [-0.15, -0.1) is 0 Å². The lowest BCUT2D eigenvalue weighted by Crippen LogP contribution is -2.29. The minimum atomic E-state index is -1.07. The molecule has 1 aromatic heterocycles. The third kappa shape index (κ3) is 3.93. The van der Waals surface area contributed by atoms with Gasteiger partial charge in [0.2, 0.25) is 0 Å². The van der Waals surface area contributed by atoms with Crippen molar-refractivity contribution >= 4 is 29.0 Å². The predicted octanol–water partition coefficient (Wildman–Crippen LogP) is 3.92. The normalized spacial score (nSPS) is 17.4. The van der Waals surface area contributed by atoms with E-state index in [0.29, 0.717) is 29.2 Å². The Morgan fingerprint density at radius 2 is 1.85 bits per heavy atom. The number of aliphatic hydroxyl groups is 1. The number of nitro groups is 1. The van der Waals surface area contributed by atoms with Gasteiger partial charge in [0.25, 0.3) is 11.5 Å². The molecule has 10 heteroatoms. The molecule has 1 N–H and O–H groups in total. The van der Waals surface area contributed by atoms with Crippen molar-refractivity contribution in [3.8, 4) is 5.75 Å². The summed E-state index contributed by atoms with van der Waals surface area (Å²) in [7, 11) is 0. The highest BCUT2D eigenvalue weighted by molar-refractivity contribution is 6.51. The summed E-state index contributed by atoms with van der Waals surface area (Å²) in [4.78, 5) is 37.6. The molecule has 1 fully saturated rings. The number of rotatable bonds is 6. The smallest absolute Gasteiger partial charge is 0.301 e. The molecule has 1 atom stereocenters. The number of non-ortho nitro benzene ring substituents is 1. The molecule has 1 aliphatic heterocycles. The molecule has 0 unspecified atom stereocenters. The van der Waals surface area contributed by atoms with Crippen molar-refractivity contribution in [3.05, 3.63) is 87.2 Å². The monoisotopic (exact) mass is 449 g/mol. The number of nitrogens with zero attached hydrogens (tertiary/aromatic N) is 3. The van der Waals surface area contributed by atoms with E-state index in [1.165, 1.54) is 30.3 Å². The minimum absolute atomic E-state index is 0.0868. The zero-order valence-corrected chi connectivity index (χ0v) is 17.7. The van der Waals surface area contributed by atoms with Gasteiger partial charge in [0.15, 0.2) is 5.82 Å². The number of nitro benzene ring substituents is 1. The first-order valence-electron chi connectivity index (χ1n) is 10.0. The van der Waals surface area contributed by atoms with E-state index >= 15 is 0 Å². The maximum Gasteiger partial charge on any atom is 0.301 e. The number of anilines is 1. The summed E-state index contributed by atoms with van der Waals surface area (Å²) in [5.41, 5.74) is 0.366. The summed E-state index contributed by atoms with van der Waals surface area (Å²) in [6, 6.07) is 12.2. The number of aromatic nitrogens is 1. The third-order valence-electron chi connectivity index (χ3n) is 5.17. The summed E-state index contributed by atoms with van der Waals surface area (Å²) in [5.74, 6) is -1.11. The number of carbonyl (C=O) groups is 2. The molecule has 3 aromatic rings. The maximum absolute atomic E-state index is 13.0. The topological polar surface area (TPSA) is 136 Å². The Hall–Kier alpha value is -4.47. The van der Waals surface area contributed by atoms with E-state index in [-0.39, 0.29) is 22.8 Å². The molecule has 0 spiro atoms. The van der Waals surface area contributed by atoms with Crippen molar-refractivity contribution in [1.29, 1.82) is 0 Å². The Morgan fingerprint density at radius 3 is 2.39 bits per heavy atom. The molecule has 0 saturated carbocycles. The van der Waals surface area contributed by atoms with Gasteiger partial charge in [-0.05, 0) is 55.8 Å². The van der Waals surface area contributed by atoms with Crippen LogP contribution in [0.4, 0.5) is 11.5 Å². The Balaban J connectivity index is 1.87. The molecule has 0 bridgehead atoms. The van der Waals surface area contributed by atoms with Gasteiger partial charge in [-0.25, -0.2) is 0 Å². The standard InChI is InChI=1S/C23H19N3O7/c1-3-32-17-10-6-15(7-11-17)21(27)19-20(14-4-8-16(9-5-14)26(30)31)25(23(29)22(19)28)18-12-13(2)33-24-18/h4-12,20,27H,3H2,1-2H3/t20-/m0/s1. The quantitative estimate of drug-likeness (QED) is 0.197. The minimum Gasteiger partial charge on any atom is -0.507 e. The van der Waals surface area contributed by atoms with Crippen LogP contribution < -0.4 is 9.64 Å². The predicted molar refractivity (Wildman–Crippen MR) is 117 cm³/mol. The van der Waals surface area contributed by atoms with E-state index in [2.05, 4.69) is 5.16 Å². The zero-order chi connectivity index (χ0) is 23.7. The SMILES string of the molecule is CCOc1ccc(C(O)=C2C(=O)C(=O)N(c3cc(C)on3)[C@H]2c2ccc([N+](=O)[O-])cc2)cc1. The lowest BCUT2D eigenvalue weighted by Gasteiger charge is -2.22. The first kappa shape index (κ1) is 21.8. The summed E-state index contributed by atoms with van der Waals surface area (Å²) in [5, 5.41) is 26.0. The third-order valence-corrected chi connectivity index (χ3v) is 5.17. The van der Waals surface area contributed by atoms with Crippen molar-refractivity contribution in [2.24, 2.45) is 0 Å². The molecule has 2 heterocycles. The first-order chi connectivity index (χ1) is 15.8. The molecular formula is C23H19N3O7. The Labute approximate surface area is 187 Å². The maximum atomic E-state index is 13.0. The van der Waals surface area contributed by atoms with Crippen LogP contribution in [-0.4, -0.2) is 33.5 Å². The molecule has 4 rings (SSSR count). The van der Waals surface area contributed by atoms with Gasteiger partial charge in [0.05, 0.1) is 23.1 Å². The van der Waals surface area contributed by atoms with E-state index in [1.807, 2.05) is 6.92 Å². The van der Waals surface area contributed by atoms with Gasteiger partial charge in [-0.2, -0.15) is 0 Å². The molecular weight excluding hydrogens is 430 g/mol. The van der Waals surface area contributed by atoms with Crippen LogP contribution in [0.1, 0.15) is 29.9 Å². The van der Waals surface area contributed by atoms with Crippen LogP contribution in [-0.2, 0) is 9.59 Å². The number of aliphatic hydroxyl groups excluding tert-OH is 1. The number of hydrogen-bond donors (Lipinski definition) is 1. The Kier molecular flexibility index (Phi) is 5.65. The van der Waals surface area contributed by atoms with Crippen LogP contribution in [0.3, 0.4) is 0 Å². The number of carbonyl (C=O) groups excluding carboxylic acids is 2. The summed E-state index contributed by atoms with van der Waals surface area (Å²) in [6.07, 6.45) is 0. The summed E-state index contributed by atoms with van der Waals surface area (Å²) in [6.45, 7) is 3.94. The largest absolute Gasteiger partial charge is 0.507 e. The average molecular weight is 449 g/mol. The fraction of sp³-hybridized carbons (Fsp3) is 0.174. The lowest BCUT2D eigenvalue weighted by atomic mass is 9.95. The van der Waals surface area contributed by atoms with Gasteiger partial charge in [0, 0.05) is 23.8 Å². The molecule has 33 heavy (non-hydrogen) atoms. The summed E-state index contributed by atoms with van der Waals surface area (Å²) >= 11 is 0. The number of benzene rings is 2. The molecule has 2 aromatic carbocycles. The number of Topliss-reactive ketones (excluding diaryl/α,β-unsaturated/α-hetero) is 1. The molecule has 0 aliphatic carbocycles.